The zero-order chi connectivity index (χ0) is 14.1. The second-order valence-electron chi connectivity index (χ2n) is 6.33. The molecule has 0 bridgehead atoms. The van der Waals surface area contributed by atoms with Gasteiger partial charge in [-0.2, -0.15) is 0 Å². The molecule has 2 aliphatic rings. The van der Waals surface area contributed by atoms with Crippen molar-refractivity contribution in [2.24, 2.45) is 11.7 Å². The number of amides is 1. The smallest absolute Gasteiger partial charge is 0.225 e. The minimum Gasteiger partial charge on any atom is -0.338 e. The summed E-state index contributed by atoms with van der Waals surface area (Å²) in [7, 11) is 1.97. The van der Waals surface area contributed by atoms with Crippen molar-refractivity contribution in [1.82, 2.24) is 4.90 Å². The second-order valence-corrected chi connectivity index (χ2v) is 6.33. The number of carbonyl (C=O) groups is 1. The van der Waals surface area contributed by atoms with Crippen LogP contribution in [0.25, 0.3) is 0 Å². The third-order valence-corrected chi connectivity index (χ3v) is 4.98. The molecule has 0 radical (unpaired) electrons. The topological polar surface area (TPSA) is 46.3 Å². The fraction of sp³-hybridized carbons (Fsp3) is 0.588. The van der Waals surface area contributed by atoms with Crippen molar-refractivity contribution in [1.29, 1.82) is 0 Å². The number of benzene rings is 1. The molecule has 1 amide bonds. The summed E-state index contributed by atoms with van der Waals surface area (Å²) < 4.78 is 0. The van der Waals surface area contributed by atoms with Gasteiger partial charge in [-0.25, -0.2) is 0 Å². The standard InChI is InChI=1S/C17H24N2O.ClH/c1-19(17(20)13-6-4-7-14(18)11-13)16-10-9-12-5-2-3-8-15(12)16;/h2-3,5,8,13-14,16H,4,6-7,9-11,18H2,1H3;1H. The van der Waals surface area contributed by atoms with Gasteiger partial charge in [0.1, 0.15) is 0 Å². The van der Waals surface area contributed by atoms with Crippen LogP contribution in [-0.2, 0) is 11.2 Å². The van der Waals surface area contributed by atoms with Crippen molar-refractivity contribution < 1.29 is 4.79 Å². The lowest BCUT2D eigenvalue weighted by Gasteiger charge is -2.32. The summed E-state index contributed by atoms with van der Waals surface area (Å²) in [4.78, 5) is 14.7. The van der Waals surface area contributed by atoms with E-state index in [1.807, 2.05) is 11.9 Å². The highest BCUT2D eigenvalue weighted by atomic mass is 35.5. The van der Waals surface area contributed by atoms with Crippen LogP contribution in [0, 0.1) is 5.92 Å². The molecule has 0 aliphatic heterocycles. The van der Waals surface area contributed by atoms with Gasteiger partial charge in [0.15, 0.2) is 0 Å². The Bertz CT molecular complexity index is 505. The van der Waals surface area contributed by atoms with Crippen molar-refractivity contribution in [3.63, 3.8) is 0 Å². The molecule has 116 valence electrons. The molecule has 2 aliphatic carbocycles. The Kier molecular flexibility index (Phi) is 5.28. The summed E-state index contributed by atoms with van der Waals surface area (Å²) in [5.41, 5.74) is 8.76. The molecule has 1 fully saturated rings. The molecule has 4 heteroatoms. The molecule has 0 aromatic heterocycles. The van der Waals surface area contributed by atoms with Crippen molar-refractivity contribution in [2.45, 2.75) is 50.6 Å². The quantitative estimate of drug-likeness (QED) is 0.912. The zero-order valence-corrected chi connectivity index (χ0v) is 13.4. The van der Waals surface area contributed by atoms with E-state index in [0.29, 0.717) is 5.91 Å². The lowest BCUT2D eigenvalue weighted by atomic mass is 9.85. The molecule has 3 rings (SSSR count). The van der Waals surface area contributed by atoms with Gasteiger partial charge in [0.2, 0.25) is 5.91 Å². The van der Waals surface area contributed by atoms with Gasteiger partial charge in [-0.1, -0.05) is 30.7 Å². The fourth-order valence-corrected chi connectivity index (χ4v) is 3.83. The Labute approximate surface area is 133 Å². The number of hydrogen-bond acceptors (Lipinski definition) is 2. The van der Waals surface area contributed by atoms with Crippen LogP contribution in [0.1, 0.15) is 49.3 Å². The molecule has 3 nitrogen and oxygen atoms in total. The van der Waals surface area contributed by atoms with Crippen molar-refractivity contribution in [2.75, 3.05) is 7.05 Å². The minimum absolute atomic E-state index is 0. The molecule has 3 atom stereocenters. The highest BCUT2D eigenvalue weighted by Gasteiger charge is 2.33. The third kappa shape index (κ3) is 3.24. The van der Waals surface area contributed by atoms with Gasteiger partial charge in [0.25, 0.3) is 0 Å². The average Bonchev–Trinajstić information content (AvgIpc) is 2.89. The van der Waals surface area contributed by atoms with E-state index in [0.717, 1.165) is 38.5 Å². The number of nitrogens with zero attached hydrogens (tertiary/aromatic N) is 1. The summed E-state index contributed by atoms with van der Waals surface area (Å²) in [6, 6.07) is 8.99. The number of fused-ring (bicyclic) bond motifs is 1. The molecular weight excluding hydrogens is 284 g/mol. The largest absolute Gasteiger partial charge is 0.338 e. The number of rotatable bonds is 2. The number of hydrogen-bond donors (Lipinski definition) is 1. The Morgan fingerprint density at radius 1 is 1.24 bits per heavy atom. The van der Waals surface area contributed by atoms with Crippen molar-refractivity contribution >= 4 is 18.3 Å². The Hall–Kier alpha value is -1.06. The Balaban J connectivity index is 0.00000161. The van der Waals surface area contributed by atoms with Gasteiger partial charge in [-0.05, 0) is 43.2 Å². The number of nitrogens with two attached hydrogens (primary N) is 1. The van der Waals surface area contributed by atoms with Crippen LogP contribution in [0.5, 0.6) is 0 Å². The van der Waals surface area contributed by atoms with Crippen LogP contribution < -0.4 is 5.73 Å². The molecular formula is C17H25ClN2O. The van der Waals surface area contributed by atoms with Crippen LogP contribution in [-0.4, -0.2) is 23.9 Å². The van der Waals surface area contributed by atoms with Crippen LogP contribution in [0.2, 0.25) is 0 Å². The Morgan fingerprint density at radius 2 is 2.00 bits per heavy atom. The van der Waals surface area contributed by atoms with Gasteiger partial charge < -0.3 is 10.6 Å². The van der Waals surface area contributed by atoms with Gasteiger partial charge in [-0.3, -0.25) is 4.79 Å². The maximum Gasteiger partial charge on any atom is 0.225 e. The molecule has 1 aromatic rings. The van der Waals surface area contributed by atoms with E-state index in [4.69, 9.17) is 5.73 Å². The van der Waals surface area contributed by atoms with Crippen LogP contribution >= 0.6 is 12.4 Å². The molecule has 1 saturated carbocycles. The van der Waals surface area contributed by atoms with Crippen molar-refractivity contribution in [3.05, 3.63) is 35.4 Å². The van der Waals surface area contributed by atoms with Crippen LogP contribution in [0.3, 0.4) is 0 Å². The highest BCUT2D eigenvalue weighted by Crippen LogP contribution is 2.36. The molecule has 3 unspecified atom stereocenters. The molecule has 2 N–H and O–H groups in total. The first kappa shape index (κ1) is 16.3. The maximum atomic E-state index is 12.7. The summed E-state index contributed by atoms with van der Waals surface area (Å²) in [5.74, 6) is 0.429. The predicted molar refractivity (Wildman–Crippen MR) is 87.5 cm³/mol. The van der Waals surface area contributed by atoms with Crippen molar-refractivity contribution in [3.8, 4) is 0 Å². The summed E-state index contributed by atoms with van der Waals surface area (Å²) in [6.45, 7) is 0. The SMILES string of the molecule is CN(C(=O)C1CCCC(N)C1)C1CCc2ccccc21.Cl. The van der Waals surface area contributed by atoms with E-state index in [2.05, 4.69) is 24.3 Å². The van der Waals surface area contributed by atoms with E-state index < -0.39 is 0 Å². The van der Waals surface area contributed by atoms with E-state index in [1.54, 1.807) is 0 Å². The summed E-state index contributed by atoms with van der Waals surface area (Å²) in [6.07, 6.45) is 6.16. The van der Waals surface area contributed by atoms with E-state index >= 15 is 0 Å². The summed E-state index contributed by atoms with van der Waals surface area (Å²) in [5, 5.41) is 0. The van der Waals surface area contributed by atoms with E-state index in [-0.39, 0.29) is 30.4 Å². The molecule has 21 heavy (non-hydrogen) atoms. The summed E-state index contributed by atoms with van der Waals surface area (Å²) >= 11 is 0. The molecule has 0 saturated heterocycles. The fourth-order valence-electron chi connectivity index (χ4n) is 3.83. The van der Waals surface area contributed by atoms with Gasteiger partial charge >= 0.3 is 0 Å². The number of carbonyl (C=O) groups excluding carboxylic acids is 1. The first-order valence-corrected chi connectivity index (χ1v) is 7.77. The van der Waals surface area contributed by atoms with Gasteiger partial charge in [0.05, 0.1) is 6.04 Å². The molecule has 0 spiro atoms. The van der Waals surface area contributed by atoms with Crippen LogP contribution in [0.15, 0.2) is 24.3 Å². The maximum absolute atomic E-state index is 12.7. The van der Waals surface area contributed by atoms with Crippen LogP contribution in [0.4, 0.5) is 0 Å². The first-order chi connectivity index (χ1) is 9.66. The van der Waals surface area contributed by atoms with E-state index in [9.17, 15) is 4.79 Å². The average molecular weight is 309 g/mol. The van der Waals surface area contributed by atoms with E-state index in [1.165, 1.54) is 11.1 Å². The zero-order valence-electron chi connectivity index (χ0n) is 12.6. The van der Waals surface area contributed by atoms with Gasteiger partial charge in [0, 0.05) is 19.0 Å². The minimum atomic E-state index is 0. The second kappa shape index (κ2) is 6.80. The monoisotopic (exact) mass is 308 g/mol. The number of halogens is 1. The first-order valence-electron chi connectivity index (χ1n) is 7.77. The lowest BCUT2D eigenvalue weighted by Crippen LogP contribution is -2.40. The van der Waals surface area contributed by atoms with Gasteiger partial charge in [-0.15, -0.1) is 12.4 Å². The highest BCUT2D eigenvalue weighted by molar-refractivity contribution is 5.85. The molecule has 0 heterocycles. The lowest BCUT2D eigenvalue weighted by molar-refractivity contribution is -0.137. The third-order valence-electron chi connectivity index (χ3n) is 4.98. The normalized spacial score (nSPS) is 27.6. The Morgan fingerprint density at radius 3 is 2.76 bits per heavy atom. The predicted octanol–water partition coefficient (Wildman–Crippen LogP) is 3.07. The molecule has 1 aromatic carbocycles. The number of aryl methyl sites for hydroxylation is 1.